The monoisotopic (exact) mass is 182 g/mol. The number of hydrogen-bond acceptors (Lipinski definition) is 1. The van der Waals surface area contributed by atoms with Crippen LogP contribution in [0.2, 0.25) is 0 Å². The van der Waals surface area contributed by atoms with Crippen molar-refractivity contribution in [1.29, 1.82) is 0 Å². The third kappa shape index (κ3) is 11.4. The van der Waals surface area contributed by atoms with Crippen molar-refractivity contribution in [3.8, 4) is 0 Å². The van der Waals surface area contributed by atoms with E-state index in [-0.39, 0.29) is 5.78 Å². The summed E-state index contributed by atoms with van der Waals surface area (Å²) in [4.78, 5) is 10.6. The van der Waals surface area contributed by atoms with Crippen molar-refractivity contribution in [3.05, 3.63) is 12.2 Å². The summed E-state index contributed by atoms with van der Waals surface area (Å²) in [5.41, 5.74) is 0. The van der Waals surface area contributed by atoms with Crippen molar-refractivity contribution in [2.24, 2.45) is 0 Å². The molecule has 0 amide bonds. The van der Waals surface area contributed by atoms with E-state index in [1.807, 2.05) is 0 Å². The van der Waals surface area contributed by atoms with E-state index in [1.54, 1.807) is 6.92 Å². The lowest BCUT2D eigenvalue weighted by Gasteiger charge is -1.94. The summed E-state index contributed by atoms with van der Waals surface area (Å²) in [6.45, 7) is 3.87. The van der Waals surface area contributed by atoms with E-state index in [1.165, 1.54) is 32.1 Å². The van der Waals surface area contributed by atoms with Gasteiger partial charge in [-0.1, -0.05) is 38.3 Å². The molecule has 0 unspecified atom stereocenters. The Bertz CT molecular complexity index is 147. The Labute approximate surface area is 82.2 Å². The van der Waals surface area contributed by atoms with Crippen LogP contribution < -0.4 is 0 Å². The molecule has 0 aliphatic heterocycles. The highest BCUT2D eigenvalue weighted by atomic mass is 16.1. The topological polar surface area (TPSA) is 17.1 Å². The predicted molar refractivity (Wildman–Crippen MR) is 57.8 cm³/mol. The molecule has 0 aromatic carbocycles. The number of unbranched alkanes of at least 4 members (excludes halogenated alkanes) is 4. The van der Waals surface area contributed by atoms with Gasteiger partial charge in [0, 0.05) is 6.42 Å². The zero-order valence-corrected chi connectivity index (χ0v) is 9.01. The minimum absolute atomic E-state index is 0.288. The smallest absolute Gasteiger partial charge is 0.130 e. The Morgan fingerprint density at radius 2 is 1.77 bits per heavy atom. The molecule has 0 aliphatic carbocycles. The van der Waals surface area contributed by atoms with E-state index >= 15 is 0 Å². The molecular weight excluding hydrogens is 160 g/mol. The second-order valence-corrected chi connectivity index (χ2v) is 3.56. The molecule has 0 saturated heterocycles. The number of rotatable bonds is 8. The molecule has 0 aliphatic rings. The van der Waals surface area contributed by atoms with Crippen LogP contribution in [0.3, 0.4) is 0 Å². The second kappa shape index (κ2) is 9.50. The van der Waals surface area contributed by atoms with Gasteiger partial charge in [0.2, 0.25) is 0 Å². The summed E-state index contributed by atoms with van der Waals surface area (Å²) in [7, 11) is 0. The quantitative estimate of drug-likeness (QED) is 0.411. The number of ketones is 1. The molecule has 0 heterocycles. The van der Waals surface area contributed by atoms with E-state index in [4.69, 9.17) is 0 Å². The summed E-state index contributed by atoms with van der Waals surface area (Å²) in [5, 5.41) is 0. The van der Waals surface area contributed by atoms with Crippen LogP contribution in [-0.2, 0) is 4.79 Å². The highest BCUT2D eigenvalue weighted by Crippen LogP contribution is 2.03. The SMILES string of the molecule is CCCCCC/C=C\CCC(C)=O. The van der Waals surface area contributed by atoms with Crippen molar-refractivity contribution in [2.45, 2.75) is 58.8 Å². The van der Waals surface area contributed by atoms with Gasteiger partial charge < -0.3 is 4.79 Å². The minimum atomic E-state index is 0.288. The lowest BCUT2D eigenvalue weighted by molar-refractivity contribution is -0.116. The van der Waals surface area contributed by atoms with Crippen molar-refractivity contribution < 1.29 is 4.79 Å². The zero-order valence-electron chi connectivity index (χ0n) is 9.01. The molecular formula is C12H22O. The van der Waals surface area contributed by atoms with Crippen LogP contribution in [0.25, 0.3) is 0 Å². The summed E-state index contributed by atoms with van der Waals surface area (Å²) in [5.74, 6) is 0.288. The second-order valence-electron chi connectivity index (χ2n) is 3.56. The molecule has 0 fully saturated rings. The Hall–Kier alpha value is -0.590. The van der Waals surface area contributed by atoms with Gasteiger partial charge in [0.25, 0.3) is 0 Å². The lowest BCUT2D eigenvalue weighted by atomic mass is 10.1. The maximum absolute atomic E-state index is 10.6. The first-order valence-electron chi connectivity index (χ1n) is 5.41. The fourth-order valence-electron chi connectivity index (χ4n) is 1.21. The van der Waals surface area contributed by atoms with Crippen LogP contribution in [0, 0.1) is 0 Å². The van der Waals surface area contributed by atoms with Gasteiger partial charge in [-0.3, -0.25) is 0 Å². The van der Waals surface area contributed by atoms with Gasteiger partial charge in [-0.15, -0.1) is 0 Å². The molecule has 1 nitrogen and oxygen atoms in total. The van der Waals surface area contributed by atoms with E-state index < -0.39 is 0 Å². The highest BCUT2D eigenvalue weighted by molar-refractivity contribution is 5.75. The zero-order chi connectivity index (χ0) is 9.94. The molecule has 1 heteroatoms. The summed E-state index contributed by atoms with van der Waals surface area (Å²) in [6.07, 6.45) is 12.4. The van der Waals surface area contributed by atoms with Gasteiger partial charge in [-0.2, -0.15) is 0 Å². The van der Waals surface area contributed by atoms with Gasteiger partial charge in [0.15, 0.2) is 0 Å². The fourth-order valence-corrected chi connectivity index (χ4v) is 1.21. The van der Waals surface area contributed by atoms with Crippen LogP contribution >= 0.6 is 0 Å². The first kappa shape index (κ1) is 12.4. The molecule has 0 saturated carbocycles. The molecule has 0 bridgehead atoms. The van der Waals surface area contributed by atoms with Crippen molar-refractivity contribution in [3.63, 3.8) is 0 Å². The van der Waals surface area contributed by atoms with Gasteiger partial charge in [0.05, 0.1) is 0 Å². The van der Waals surface area contributed by atoms with E-state index in [0.717, 1.165) is 6.42 Å². The molecule has 0 N–H and O–H groups in total. The van der Waals surface area contributed by atoms with E-state index in [2.05, 4.69) is 19.1 Å². The van der Waals surface area contributed by atoms with Crippen LogP contribution in [0.15, 0.2) is 12.2 Å². The average molecular weight is 182 g/mol. The van der Waals surface area contributed by atoms with Crippen molar-refractivity contribution in [2.75, 3.05) is 0 Å². The molecule has 0 aromatic rings. The van der Waals surface area contributed by atoms with E-state index in [0.29, 0.717) is 6.42 Å². The highest BCUT2D eigenvalue weighted by Gasteiger charge is 1.88. The summed E-state index contributed by atoms with van der Waals surface area (Å²) < 4.78 is 0. The maximum Gasteiger partial charge on any atom is 0.130 e. The Morgan fingerprint density at radius 1 is 1.08 bits per heavy atom. The Morgan fingerprint density at radius 3 is 2.38 bits per heavy atom. The van der Waals surface area contributed by atoms with Crippen LogP contribution in [-0.4, -0.2) is 5.78 Å². The Kier molecular flexibility index (Phi) is 9.07. The third-order valence-corrected chi connectivity index (χ3v) is 2.05. The number of carbonyl (C=O) groups is 1. The maximum atomic E-state index is 10.6. The van der Waals surface area contributed by atoms with Crippen LogP contribution in [0.1, 0.15) is 58.8 Å². The largest absolute Gasteiger partial charge is 0.300 e. The van der Waals surface area contributed by atoms with Crippen LogP contribution in [0.5, 0.6) is 0 Å². The predicted octanol–water partition coefficient (Wildman–Crippen LogP) is 3.88. The number of Topliss-reactive ketones (excluding diaryl/α,β-unsaturated/α-hetero) is 1. The normalized spacial score (nSPS) is 10.9. The Balaban J connectivity index is 3.08. The molecule has 76 valence electrons. The molecule has 0 rings (SSSR count). The van der Waals surface area contributed by atoms with Gasteiger partial charge >= 0.3 is 0 Å². The molecule has 0 aromatic heterocycles. The van der Waals surface area contributed by atoms with Gasteiger partial charge in [-0.25, -0.2) is 0 Å². The van der Waals surface area contributed by atoms with Gasteiger partial charge in [0.1, 0.15) is 5.78 Å². The van der Waals surface area contributed by atoms with Crippen molar-refractivity contribution >= 4 is 5.78 Å². The minimum Gasteiger partial charge on any atom is -0.300 e. The molecule has 0 atom stereocenters. The third-order valence-electron chi connectivity index (χ3n) is 2.05. The first-order chi connectivity index (χ1) is 6.27. The lowest BCUT2D eigenvalue weighted by Crippen LogP contribution is -1.86. The van der Waals surface area contributed by atoms with E-state index in [9.17, 15) is 4.79 Å². The number of hydrogen-bond donors (Lipinski definition) is 0. The number of allylic oxidation sites excluding steroid dienone is 2. The molecule has 0 radical (unpaired) electrons. The summed E-state index contributed by atoms with van der Waals surface area (Å²) in [6, 6.07) is 0. The van der Waals surface area contributed by atoms with Crippen LogP contribution in [0.4, 0.5) is 0 Å². The summed E-state index contributed by atoms with van der Waals surface area (Å²) >= 11 is 0. The standard InChI is InChI=1S/C12H22O/c1-3-4-5-6-7-8-9-10-11-12(2)13/h8-9H,3-7,10-11H2,1-2H3/b9-8-. The molecule has 13 heavy (non-hydrogen) atoms. The fraction of sp³-hybridized carbons (Fsp3) is 0.750. The number of carbonyl (C=O) groups excluding carboxylic acids is 1. The average Bonchev–Trinajstić information content (AvgIpc) is 2.09. The molecule has 0 spiro atoms. The van der Waals surface area contributed by atoms with Crippen molar-refractivity contribution in [1.82, 2.24) is 0 Å². The van der Waals surface area contributed by atoms with Gasteiger partial charge in [-0.05, 0) is 26.2 Å². The first-order valence-corrected chi connectivity index (χ1v) is 5.41.